The maximum Gasteiger partial charge on any atom is 0.0991 e. The Morgan fingerprint density at radius 2 is 0.906 bits per heavy atom. The van der Waals surface area contributed by atoms with Crippen molar-refractivity contribution in [3.05, 3.63) is 200 Å². The van der Waals surface area contributed by atoms with E-state index in [1.54, 1.807) is 0 Å². The third kappa shape index (κ3) is 5.18. The molecule has 0 atom stereocenters. The molecule has 0 spiro atoms. The maximum atomic E-state index is 9.47. The molecule has 10 aromatic carbocycles. The van der Waals surface area contributed by atoms with Gasteiger partial charge in [0.1, 0.15) is 0 Å². The second kappa shape index (κ2) is 12.5. The summed E-state index contributed by atoms with van der Waals surface area (Å²) in [6.45, 7) is 0. The van der Waals surface area contributed by atoms with E-state index in [1.165, 1.54) is 70.6 Å². The number of nitrogens with zero attached hydrogens (tertiary/aromatic N) is 2. The molecule has 0 N–H and O–H groups in total. The second-order valence-corrected chi connectivity index (χ2v) is 13.6. The van der Waals surface area contributed by atoms with E-state index in [0.717, 1.165) is 22.6 Å². The van der Waals surface area contributed by atoms with Crippen LogP contribution >= 0.6 is 0 Å². The highest BCUT2D eigenvalue weighted by Crippen LogP contribution is 2.44. The summed E-state index contributed by atoms with van der Waals surface area (Å²) >= 11 is 0. The lowest BCUT2D eigenvalue weighted by Crippen LogP contribution is -2.09. The zero-order chi connectivity index (χ0) is 35.3. The molecular weight excluding hydrogens is 641 g/mol. The van der Waals surface area contributed by atoms with Crippen LogP contribution in [0.1, 0.15) is 5.56 Å². The number of fused-ring (bicyclic) bond motifs is 9. The average molecular weight is 673 g/mol. The van der Waals surface area contributed by atoms with Gasteiger partial charge in [-0.1, -0.05) is 133 Å². The largest absolute Gasteiger partial charge is 0.310 e. The van der Waals surface area contributed by atoms with E-state index in [0.29, 0.717) is 5.56 Å². The van der Waals surface area contributed by atoms with Gasteiger partial charge in [0.2, 0.25) is 0 Å². The first-order valence-corrected chi connectivity index (χ1v) is 18.0. The number of anilines is 3. The Morgan fingerprint density at radius 3 is 1.64 bits per heavy atom. The monoisotopic (exact) mass is 672 g/mol. The molecule has 0 saturated heterocycles. The molecule has 53 heavy (non-hydrogen) atoms. The summed E-state index contributed by atoms with van der Waals surface area (Å²) in [7, 11) is 0. The maximum absolute atomic E-state index is 9.47. The summed E-state index contributed by atoms with van der Waals surface area (Å²) < 4.78 is 0. The normalized spacial score (nSPS) is 11.4. The van der Waals surface area contributed by atoms with Crippen LogP contribution in [0.5, 0.6) is 0 Å². The molecule has 10 rings (SSSR count). The van der Waals surface area contributed by atoms with Gasteiger partial charge < -0.3 is 4.90 Å². The number of hydrogen-bond donors (Lipinski definition) is 0. The molecule has 2 heteroatoms. The highest BCUT2D eigenvalue weighted by Gasteiger charge is 2.17. The van der Waals surface area contributed by atoms with E-state index in [2.05, 4.69) is 181 Å². The van der Waals surface area contributed by atoms with E-state index < -0.39 is 0 Å². The Labute approximate surface area is 308 Å². The molecule has 0 saturated carbocycles. The van der Waals surface area contributed by atoms with Crippen LogP contribution < -0.4 is 4.90 Å². The first-order chi connectivity index (χ1) is 26.2. The van der Waals surface area contributed by atoms with Crippen LogP contribution in [0, 0.1) is 11.3 Å². The van der Waals surface area contributed by atoms with Crippen LogP contribution in [0.15, 0.2) is 194 Å². The van der Waals surface area contributed by atoms with Gasteiger partial charge in [-0.2, -0.15) is 5.26 Å². The van der Waals surface area contributed by atoms with Gasteiger partial charge in [0.05, 0.1) is 11.6 Å². The molecule has 0 fully saturated rings. The lowest BCUT2D eigenvalue weighted by atomic mass is 9.86. The van der Waals surface area contributed by atoms with Gasteiger partial charge in [0.25, 0.3) is 0 Å². The van der Waals surface area contributed by atoms with Gasteiger partial charge in [-0.15, -0.1) is 0 Å². The Balaban J connectivity index is 1.12. The molecule has 2 nitrogen and oxygen atoms in total. The van der Waals surface area contributed by atoms with E-state index in [1.807, 2.05) is 24.3 Å². The Kier molecular flexibility index (Phi) is 7.23. The smallest absolute Gasteiger partial charge is 0.0991 e. The molecular formula is C51H32N2. The standard InChI is InChI=1S/C51H32N2/c52-33-34-18-24-40(25-19-34)53(42-28-22-35-10-4-5-13-38(35)30-42)41-26-20-36(21-27-41)39-23-29-47-49(31-39)43-14-6-7-15-44(43)50-32-48(37-11-2-1-3-12-37)45-16-8-9-17-46(45)51(47)50/h1-32H. The molecule has 0 radical (unpaired) electrons. The number of nitriles is 1. The fraction of sp³-hybridized carbons (Fsp3) is 0. The summed E-state index contributed by atoms with van der Waals surface area (Å²) in [5.74, 6) is 0. The van der Waals surface area contributed by atoms with E-state index >= 15 is 0 Å². The zero-order valence-corrected chi connectivity index (χ0v) is 28.9. The summed E-state index contributed by atoms with van der Waals surface area (Å²) in [6, 6.07) is 71.7. The molecule has 0 aromatic heterocycles. The van der Waals surface area contributed by atoms with Crippen molar-refractivity contribution in [1.82, 2.24) is 0 Å². The van der Waals surface area contributed by atoms with Crippen molar-refractivity contribution < 1.29 is 0 Å². The summed E-state index contributed by atoms with van der Waals surface area (Å²) in [6.07, 6.45) is 0. The lowest BCUT2D eigenvalue weighted by Gasteiger charge is -2.26. The third-order valence-electron chi connectivity index (χ3n) is 10.6. The Hall–Kier alpha value is -7.21. The highest BCUT2D eigenvalue weighted by molar-refractivity contribution is 6.33. The minimum absolute atomic E-state index is 0.642. The van der Waals surface area contributed by atoms with Gasteiger partial charge >= 0.3 is 0 Å². The Bertz CT molecular complexity index is 3050. The van der Waals surface area contributed by atoms with Crippen LogP contribution in [-0.2, 0) is 0 Å². The molecule has 0 aliphatic heterocycles. The first-order valence-electron chi connectivity index (χ1n) is 18.0. The van der Waals surface area contributed by atoms with Crippen LogP contribution in [0.4, 0.5) is 17.1 Å². The minimum atomic E-state index is 0.642. The second-order valence-electron chi connectivity index (χ2n) is 13.6. The zero-order valence-electron chi connectivity index (χ0n) is 28.9. The van der Waals surface area contributed by atoms with Gasteiger partial charge in [-0.25, -0.2) is 0 Å². The molecule has 0 unspecified atom stereocenters. The predicted octanol–water partition coefficient (Wildman–Crippen LogP) is 14.1. The molecule has 0 aliphatic rings. The molecule has 0 aliphatic carbocycles. The van der Waals surface area contributed by atoms with Gasteiger partial charge in [-0.3, -0.25) is 0 Å². The summed E-state index contributed by atoms with van der Waals surface area (Å²) in [5, 5.41) is 22.0. The van der Waals surface area contributed by atoms with E-state index in [4.69, 9.17) is 0 Å². The van der Waals surface area contributed by atoms with Crippen LogP contribution in [-0.4, -0.2) is 0 Å². The minimum Gasteiger partial charge on any atom is -0.310 e. The van der Waals surface area contributed by atoms with E-state index in [9.17, 15) is 5.26 Å². The third-order valence-corrected chi connectivity index (χ3v) is 10.6. The molecule has 0 amide bonds. The van der Waals surface area contributed by atoms with Crippen LogP contribution in [0.25, 0.3) is 76.1 Å². The van der Waals surface area contributed by atoms with Gasteiger partial charge in [0, 0.05) is 17.1 Å². The van der Waals surface area contributed by atoms with Crippen molar-refractivity contribution in [1.29, 1.82) is 5.26 Å². The van der Waals surface area contributed by atoms with Gasteiger partial charge in [-0.05, 0) is 137 Å². The van der Waals surface area contributed by atoms with Crippen molar-refractivity contribution in [3.8, 4) is 28.3 Å². The quantitative estimate of drug-likeness (QED) is 0.170. The van der Waals surface area contributed by atoms with E-state index in [-0.39, 0.29) is 0 Å². The van der Waals surface area contributed by atoms with Gasteiger partial charge in [0.15, 0.2) is 0 Å². The molecule has 246 valence electrons. The molecule has 0 bridgehead atoms. The summed E-state index contributed by atoms with van der Waals surface area (Å²) in [5.41, 5.74) is 8.57. The van der Waals surface area contributed by atoms with Crippen LogP contribution in [0.3, 0.4) is 0 Å². The fourth-order valence-electron chi connectivity index (χ4n) is 8.10. The SMILES string of the molecule is N#Cc1ccc(N(c2ccc(-c3ccc4c(c3)c3ccccc3c3cc(-c5ccccc5)c5ccccc5c43)cc2)c2ccc3ccccc3c2)cc1. The lowest BCUT2D eigenvalue weighted by molar-refractivity contribution is 1.29. The number of benzene rings is 10. The highest BCUT2D eigenvalue weighted by atomic mass is 15.1. The average Bonchev–Trinajstić information content (AvgIpc) is 3.24. The predicted molar refractivity (Wildman–Crippen MR) is 224 cm³/mol. The number of hydrogen-bond acceptors (Lipinski definition) is 2. The van der Waals surface area contributed by atoms with Crippen molar-refractivity contribution >= 4 is 70.9 Å². The molecule has 10 aromatic rings. The first kappa shape index (κ1) is 30.6. The van der Waals surface area contributed by atoms with Crippen LogP contribution in [0.2, 0.25) is 0 Å². The fourth-order valence-corrected chi connectivity index (χ4v) is 8.10. The van der Waals surface area contributed by atoms with Crippen molar-refractivity contribution in [3.63, 3.8) is 0 Å². The number of rotatable bonds is 5. The van der Waals surface area contributed by atoms with Crippen molar-refractivity contribution in [2.24, 2.45) is 0 Å². The topological polar surface area (TPSA) is 27.0 Å². The molecule has 0 heterocycles. The Morgan fingerprint density at radius 1 is 0.340 bits per heavy atom. The summed E-state index contributed by atoms with van der Waals surface area (Å²) in [4.78, 5) is 2.26. The van der Waals surface area contributed by atoms with Crippen molar-refractivity contribution in [2.45, 2.75) is 0 Å². The van der Waals surface area contributed by atoms with Crippen molar-refractivity contribution in [2.75, 3.05) is 4.90 Å².